The van der Waals surface area contributed by atoms with E-state index in [0.29, 0.717) is 24.1 Å². The van der Waals surface area contributed by atoms with Crippen LogP contribution in [0.3, 0.4) is 0 Å². The fraction of sp³-hybridized carbons (Fsp3) is 1.00. The van der Waals surface area contributed by atoms with Crippen molar-refractivity contribution in [3.63, 3.8) is 0 Å². The van der Waals surface area contributed by atoms with Gasteiger partial charge in [-0.1, -0.05) is 20.8 Å². The first-order chi connectivity index (χ1) is 8.06. The highest BCUT2D eigenvalue weighted by Gasteiger charge is 2.32. The molecule has 2 aliphatic rings. The fourth-order valence-electron chi connectivity index (χ4n) is 3.35. The quantitative estimate of drug-likeness (QED) is 0.800. The SMILES string of the molecule is CC1CC(N)CN(C2CCOC(C(C)C)C2)C1. The van der Waals surface area contributed by atoms with E-state index in [9.17, 15) is 0 Å². The molecule has 0 aromatic rings. The lowest BCUT2D eigenvalue weighted by molar-refractivity contribution is -0.0556. The summed E-state index contributed by atoms with van der Waals surface area (Å²) in [6.07, 6.45) is 4.01. The topological polar surface area (TPSA) is 38.5 Å². The second kappa shape index (κ2) is 5.68. The third-order valence-electron chi connectivity index (χ3n) is 4.27. The Balaban J connectivity index is 1.92. The van der Waals surface area contributed by atoms with Crippen LogP contribution in [0.4, 0.5) is 0 Å². The van der Waals surface area contributed by atoms with Gasteiger partial charge in [-0.15, -0.1) is 0 Å². The Labute approximate surface area is 106 Å². The molecule has 2 fully saturated rings. The molecule has 4 unspecified atom stereocenters. The van der Waals surface area contributed by atoms with Gasteiger partial charge in [0.05, 0.1) is 6.10 Å². The van der Waals surface area contributed by atoms with Crippen LogP contribution in [0.25, 0.3) is 0 Å². The molecule has 0 spiro atoms. The number of ether oxygens (including phenoxy) is 1. The van der Waals surface area contributed by atoms with Gasteiger partial charge in [0.15, 0.2) is 0 Å². The third-order valence-corrected chi connectivity index (χ3v) is 4.27. The summed E-state index contributed by atoms with van der Waals surface area (Å²) in [5.74, 6) is 1.38. The lowest BCUT2D eigenvalue weighted by atomic mass is 9.90. The molecule has 0 radical (unpaired) electrons. The Bertz CT molecular complexity index is 234. The highest BCUT2D eigenvalue weighted by Crippen LogP contribution is 2.27. The Hall–Kier alpha value is -0.120. The lowest BCUT2D eigenvalue weighted by Gasteiger charge is -2.43. The van der Waals surface area contributed by atoms with Gasteiger partial charge in [-0.3, -0.25) is 4.90 Å². The van der Waals surface area contributed by atoms with Crippen LogP contribution in [-0.2, 0) is 4.74 Å². The van der Waals surface area contributed by atoms with Crippen LogP contribution in [0.15, 0.2) is 0 Å². The number of piperidine rings is 1. The minimum Gasteiger partial charge on any atom is -0.378 e. The van der Waals surface area contributed by atoms with Gasteiger partial charge >= 0.3 is 0 Å². The zero-order chi connectivity index (χ0) is 12.4. The first-order valence-electron chi connectivity index (χ1n) is 7.17. The van der Waals surface area contributed by atoms with Crippen molar-refractivity contribution in [3.8, 4) is 0 Å². The molecule has 2 saturated heterocycles. The van der Waals surface area contributed by atoms with Crippen molar-refractivity contribution in [1.29, 1.82) is 0 Å². The van der Waals surface area contributed by atoms with Crippen LogP contribution in [0.1, 0.15) is 40.0 Å². The Kier molecular flexibility index (Phi) is 4.45. The first kappa shape index (κ1) is 13.3. The molecule has 3 heteroatoms. The van der Waals surface area contributed by atoms with E-state index in [-0.39, 0.29) is 0 Å². The number of rotatable bonds is 2. The molecule has 2 heterocycles. The summed E-state index contributed by atoms with van der Waals surface area (Å²) in [6.45, 7) is 10.1. The molecule has 100 valence electrons. The van der Waals surface area contributed by atoms with Gasteiger partial charge in [0, 0.05) is 31.8 Å². The maximum atomic E-state index is 6.14. The van der Waals surface area contributed by atoms with Crippen LogP contribution in [0.5, 0.6) is 0 Å². The van der Waals surface area contributed by atoms with E-state index < -0.39 is 0 Å². The van der Waals surface area contributed by atoms with Crippen molar-refractivity contribution in [2.75, 3.05) is 19.7 Å². The summed E-state index contributed by atoms with van der Waals surface area (Å²) in [5.41, 5.74) is 6.14. The average molecular weight is 240 g/mol. The van der Waals surface area contributed by atoms with Gasteiger partial charge in [0.25, 0.3) is 0 Å². The van der Waals surface area contributed by atoms with Crippen molar-refractivity contribution in [1.82, 2.24) is 4.90 Å². The second-order valence-electron chi connectivity index (χ2n) is 6.39. The summed E-state index contributed by atoms with van der Waals surface area (Å²) in [5, 5.41) is 0. The zero-order valence-electron chi connectivity index (χ0n) is 11.6. The minimum atomic E-state index is 0.374. The molecule has 3 nitrogen and oxygen atoms in total. The van der Waals surface area contributed by atoms with E-state index in [1.165, 1.54) is 25.8 Å². The van der Waals surface area contributed by atoms with Crippen LogP contribution < -0.4 is 5.73 Å². The molecule has 2 N–H and O–H groups in total. The molecule has 0 amide bonds. The summed E-state index contributed by atoms with van der Waals surface area (Å²) in [7, 11) is 0. The van der Waals surface area contributed by atoms with Gasteiger partial charge in [-0.05, 0) is 31.1 Å². The van der Waals surface area contributed by atoms with Gasteiger partial charge in [0.2, 0.25) is 0 Å². The summed E-state index contributed by atoms with van der Waals surface area (Å²) in [4.78, 5) is 2.62. The number of hydrogen-bond donors (Lipinski definition) is 1. The van der Waals surface area contributed by atoms with E-state index in [0.717, 1.165) is 19.1 Å². The highest BCUT2D eigenvalue weighted by molar-refractivity contribution is 4.87. The van der Waals surface area contributed by atoms with Gasteiger partial charge in [-0.25, -0.2) is 0 Å². The fourth-order valence-corrected chi connectivity index (χ4v) is 3.35. The minimum absolute atomic E-state index is 0.374. The van der Waals surface area contributed by atoms with Crippen LogP contribution in [0.2, 0.25) is 0 Å². The largest absolute Gasteiger partial charge is 0.378 e. The van der Waals surface area contributed by atoms with Gasteiger partial charge in [0.1, 0.15) is 0 Å². The van der Waals surface area contributed by atoms with E-state index in [1.54, 1.807) is 0 Å². The molecule has 4 atom stereocenters. The van der Waals surface area contributed by atoms with Crippen LogP contribution in [-0.4, -0.2) is 42.8 Å². The smallest absolute Gasteiger partial charge is 0.0612 e. The number of hydrogen-bond acceptors (Lipinski definition) is 3. The van der Waals surface area contributed by atoms with Crippen LogP contribution in [0, 0.1) is 11.8 Å². The van der Waals surface area contributed by atoms with Gasteiger partial charge in [-0.2, -0.15) is 0 Å². The third kappa shape index (κ3) is 3.43. The van der Waals surface area contributed by atoms with Crippen molar-refractivity contribution in [2.24, 2.45) is 17.6 Å². The van der Waals surface area contributed by atoms with Gasteiger partial charge < -0.3 is 10.5 Å². The molecule has 0 aromatic carbocycles. The predicted molar refractivity (Wildman–Crippen MR) is 70.9 cm³/mol. The van der Waals surface area contributed by atoms with Crippen molar-refractivity contribution < 1.29 is 4.74 Å². The summed E-state index contributed by atoms with van der Waals surface area (Å²) in [6, 6.07) is 1.07. The number of nitrogens with two attached hydrogens (primary N) is 1. The van der Waals surface area contributed by atoms with E-state index >= 15 is 0 Å². The Morgan fingerprint density at radius 3 is 2.65 bits per heavy atom. The Morgan fingerprint density at radius 1 is 1.24 bits per heavy atom. The average Bonchev–Trinajstić information content (AvgIpc) is 2.28. The number of likely N-dealkylation sites (tertiary alicyclic amines) is 1. The monoisotopic (exact) mass is 240 g/mol. The summed E-state index contributed by atoms with van der Waals surface area (Å²) >= 11 is 0. The van der Waals surface area contributed by atoms with Crippen LogP contribution >= 0.6 is 0 Å². The van der Waals surface area contributed by atoms with E-state index in [1.807, 2.05) is 0 Å². The normalized spacial score (nSPS) is 40.8. The molecule has 0 aromatic heterocycles. The van der Waals surface area contributed by atoms with Crippen molar-refractivity contribution in [3.05, 3.63) is 0 Å². The maximum absolute atomic E-state index is 6.14. The second-order valence-corrected chi connectivity index (χ2v) is 6.39. The molecule has 0 bridgehead atoms. The van der Waals surface area contributed by atoms with Crippen molar-refractivity contribution in [2.45, 2.75) is 58.2 Å². The molecule has 0 aliphatic carbocycles. The lowest BCUT2D eigenvalue weighted by Crippen LogP contribution is -2.53. The predicted octanol–water partition coefficient (Wildman–Crippen LogP) is 1.86. The number of nitrogens with zero attached hydrogens (tertiary/aromatic N) is 1. The molecule has 2 rings (SSSR count). The van der Waals surface area contributed by atoms with Crippen molar-refractivity contribution >= 4 is 0 Å². The standard InChI is InChI=1S/C14H28N2O/c1-10(2)14-7-13(4-5-17-14)16-8-11(3)6-12(15)9-16/h10-14H,4-9,15H2,1-3H3. The summed E-state index contributed by atoms with van der Waals surface area (Å²) < 4.78 is 5.86. The molecule has 0 saturated carbocycles. The van der Waals surface area contributed by atoms with E-state index in [4.69, 9.17) is 10.5 Å². The molecular weight excluding hydrogens is 212 g/mol. The maximum Gasteiger partial charge on any atom is 0.0612 e. The molecular formula is C14H28N2O. The molecule has 17 heavy (non-hydrogen) atoms. The zero-order valence-corrected chi connectivity index (χ0v) is 11.6. The molecule has 2 aliphatic heterocycles. The first-order valence-corrected chi connectivity index (χ1v) is 7.17. The Morgan fingerprint density at radius 2 is 2.00 bits per heavy atom. The highest BCUT2D eigenvalue weighted by atomic mass is 16.5. The van der Waals surface area contributed by atoms with E-state index in [2.05, 4.69) is 25.7 Å².